The molecule has 4 nitrogen and oxygen atoms in total. The normalized spacial score (nSPS) is 10.6. The van der Waals surface area contributed by atoms with E-state index < -0.39 is 0 Å². The summed E-state index contributed by atoms with van der Waals surface area (Å²) in [6, 6.07) is 29.3. The molecule has 27 heavy (non-hydrogen) atoms. The molecule has 0 spiro atoms. The Hall–Kier alpha value is -3.42. The van der Waals surface area contributed by atoms with Crippen molar-refractivity contribution < 1.29 is 4.79 Å². The van der Waals surface area contributed by atoms with Crippen molar-refractivity contribution in [3.05, 3.63) is 102 Å². The Labute approximate surface area is 159 Å². The van der Waals surface area contributed by atoms with Crippen LogP contribution in [0.1, 0.15) is 22.7 Å². The van der Waals surface area contributed by atoms with Crippen molar-refractivity contribution in [2.75, 3.05) is 18.9 Å². The second kappa shape index (κ2) is 8.79. The number of anilines is 1. The average Bonchev–Trinajstić information content (AvgIpc) is 2.70. The molecule has 0 radical (unpaired) electrons. The van der Waals surface area contributed by atoms with E-state index in [1.165, 1.54) is 0 Å². The van der Waals surface area contributed by atoms with Gasteiger partial charge in [0.25, 0.3) is 0 Å². The van der Waals surface area contributed by atoms with Gasteiger partial charge in [-0.05, 0) is 30.3 Å². The number of nitriles is 1. The van der Waals surface area contributed by atoms with E-state index >= 15 is 0 Å². The topological polar surface area (TPSA) is 56.1 Å². The smallest absolute Gasteiger partial charge is 0.238 e. The number of nitrogens with zero attached hydrogens (tertiary/aromatic N) is 2. The fourth-order valence-electron chi connectivity index (χ4n) is 3.17. The molecule has 0 aliphatic heterocycles. The van der Waals surface area contributed by atoms with Crippen LogP contribution in [0.15, 0.2) is 84.9 Å². The van der Waals surface area contributed by atoms with E-state index in [-0.39, 0.29) is 18.5 Å². The largest absolute Gasteiger partial charge is 0.324 e. The highest BCUT2D eigenvalue weighted by Crippen LogP contribution is 2.27. The maximum Gasteiger partial charge on any atom is 0.238 e. The second-order valence-corrected chi connectivity index (χ2v) is 6.34. The van der Waals surface area contributed by atoms with Gasteiger partial charge >= 0.3 is 0 Å². The lowest BCUT2D eigenvalue weighted by atomic mass is 9.97. The minimum Gasteiger partial charge on any atom is -0.324 e. The highest BCUT2D eigenvalue weighted by atomic mass is 16.2. The zero-order valence-corrected chi connectivity index (χ0v) is 15.2. The Morgan fingerprint density at radius 3 is 2.00 bits per heavy atom. The van der Waals surface area contributed by atoms with Crippen LogP contribution in [0.2, 0.25) is 0 Å². The van der Waals surface area contributed by atoms with Crippen molar-refractivity contribution in [1.29, 1.82) is 5.26 Å². The first-order valence-corrected chi connectivity index (χ1v) is 8.78. The minimum absolute atomic E-state index is 0.0376. The van der Waals surface area contributed by atoms with Crippen LogP contribution >= 0.6 is 0 Å². The van der Waals surface area contributed by atoms with Crippen molar-refractivity contribution >= 4 is 11.6 Å². The first kappa shape index (κ1) is 18.4. The van der Waals surface area contributed by atoms with Crippen molar-refractivity contribution in [3.8, 4) is 6.07 Å². The third-order valence-electron chi connectivity index (χ3n) is 4.39. The van der Waals surface area contributed by atoms with Crippen LogP contribution in [0.25, 0.3) is 0 Å². The molecule has 0 atom stereocenters. The Kier molecular flexibility index (Phi) is 5.98. The van der Waals surface area contributed by atoms with E-state index in [2.05, 4.69) is 35.7 Å². The van der Waals surface area contributed by atoms with E-state index in [0.717, 1.165) is 11.1 Å². The maximum atomic E-state index is 12.6. The summed E-state index contributed by atoms with van der Waals surface area (Å²) in [4.78, 5) is 14.6. The zero-order valence-electron chi connectivity index (χ0n) is 15.2. The Bertz CT molecular complexity index is 893. The Balaban J connectivity index is 1.80. The van der Waals surface area contributed by atoms with Crippen LogP contribution in [0.5, 0.6) is 0 Å². The first-order valence-electron chi connectivity index (χ1n) is 8.78. The molecule has 0 aliphatic carbocycles. The number of nitrogens with one attached hydrogen (secondary N) is 1. The van der Waals surface area contributed by atoms with Crippen LogP contribution in [-0.2, 0) is 4.79 Å². The molecule has 3 aromatic carbocycles. The third kappa shape index (κ3) is 4.60. The Morgan fingerprint density at radius 1 is 0.926 bits per heavy atom. The lowest BCUT2D eigenvalue weighted by Gasteiger charge is -2.28. The van der Waals surface area contributed by atoms with E-state index in [1.54, 1.807) is 24.3 Å². The van der Waals surface area contributed by atoms with Crippen LogP contribution in [0.3, 0.4) is 0 Å². The van der Waals surface area contributed by atoms with E-state index in [4.69, 9.17) is 0 Å². The minimum atomic E-state index is -0.155. The molecule has 3 rings (SSSR count). The van der Waals surface area contributed by atoms with Gasteiger partial charge in [-0.25, -0.2) is 0 Å². The second-order valence-electron chi connectivity index (χ2n) is 6.34. The molecule has 1 amide bonds. The molecule has 4 heteroatoms. The standard InChI is InChI=1S/C23H21N3O/c1-26(17-22(27)25-21-15-9-8-14-20(21)16-24)23(18-10-4-2-5-11-18)19-12-6-3-7-13-19/h2-15,23H,17H2,1H3,(H,25,27). The van der Waals surface area contributed by atoms with Crippen LogP contribution < -0.4 is 5.32 Å². The van der Waals surface area contributed by atoms with Gasteiger partial charge in [0.2, 0.25) is 5.91 Å². The molecule has 0 fully saturated rings. The molecular formula is C23H21N3O. The molecule has 1 N–H and O–H groups in total. The lowest BCUT2D eigenvalue weighted by Crippen LogP contribution is -2.34. The van der Waals surface area contributed by atoms with Crippen molar-refractivity contribution in [2.24, 2.45) is 0 Å². The fourth-order valence-corrected chi connectivity index (χ4v) is 3.17. The predicted molar refractivity (Wildman–Crippen MR) is 107 cm³/mol. The summed E-state index contributed by atoms with van der Waals surface area (Å²) in [6.45, 7) is 0.203. The molecule has 134 valence electrons. The van der Waals surface area contributed by atoms with Gasteiger partial charge in [-0.3, -0.25) is 9.69 Å². The monoisotopic (exact) mass is 355 g/mol. The van der Waals surface area contributed by atoms with Crippen molar-refractivity contribution in [3.63, 3.8) is 0 Å². The molecular weight excluding hydrogens is 334 g/mol. The van der Waals surface area contributed by atoms with Gasteiger partial charge in [-0.15, -0.1) is 0 Å². The van der Waals surface area contributed by atoms with Gasteiger partial charge in [-0.2, -0.15) is 5.26 Å². The fraction of sp³-hybridized carbons (Fsp3) is 0.130. The average molecular weight is 355 g/mol. The number of carbonyl (C=O) groups is 1. The third-order valence-corrected chi connectivity index (χ3v) is 4.39. The zero-order chi connectivity index (χ0) is 19.1. The molecule has 0 saturated carbocycles. The summed E-state index contributed by atoms with van der Waals surface area (Å²) in [7, 11) is 1.93. The van der Waals surface area contributed by atoms with E-state index in [9.17, 15) is 10.1 Å². The number of likely N-dealkylation sites (N-methyl/N-ethyl adjacent to an activating group) is 1. The van der Waals surface area contributed by atoms with Gasteiger partial charge in [0.15, 0.2) is 0 Å². The SMILES string of the molecule is CN(CC(=O)Nc1ccccc1C#N)C(c1ccccc1)c1ccccc1. The summed E-state index contributed by atoms with van der Waals surface area (Å²) in [5, 5.41) is 12.0. The number of hydrogen-bond acceptors (Lipinski definition) is 3. The molecule has 0 unspecified atom stereocenters. The summed E-state index contributed by atoms with van der Waals surface area (Å²) in [5.74, 6) is -0.155. The molecule has 0 saturated heterocycles. The molecule has 3 aromatic rings. The summed E-state index contributed by atoms with van der Waals surface area (Å²) < 4.78 is 0. The molecule has 0 bridgehead atoms. The lowest BCUT2D eigenvalue weighted by molar-refractivity contribution is -0.117. The first-order chi connectivity index (χ1) is 13.2. The highest BCUT2D eigenvalue weighted by Gasteiger charge is 2.21. The number of amides is 1. The maximum absolute atomic E-state index is 12.6. The summed E-state index contributed by atoms with van der Waals surface area (Å²) >= 11 is 0. The highest BCUT2D eigenvalue weighted by molar-refractivity contribution is 5.93. The van der Waals surface area contributed by atoms with Crippen molar-refractivity contribution in [2.45, 2.75) is 6.04 Å². The van der Waals surface area contributed by atoms with Crippen LogP contribution in [-0.4, -0.2) is 24.4 Å². The number of rotatable bonds is 6. The predicted octanol–water partition coefficient (Wildman–Crippen LogP) is 4.22. The molecule has 0 aliphatic rings. The van der Waals surface area contributed by atoms with Gasteiger partial charge in [0.1, 0.15) is 6.07 Å². The number of para-hydroxylation sites is 1. The van der Waals surface area contributed by atoms with Crippen LogP contribution in [0, 0.1) is 11.3 Å². The molecule has 0 heterocycles. The van der Waals surface area contributed by atoms with Gasteiger partial charge in [-0.1, -0.05) is 72.8 Å². The molecule has 0 aromatic heterocycles. The Morgan fingerprint density at radius 2 is 1.44 bits per heavy atom. The van der Waals surface area contributed by atoms with Crippen molar-refractivity contribution in [1.82, 2.24) is 4.90 Å². The number of hydrogen-bond donors (Lipinski definition) is 1. The van der Waals surface area contributed by atoms with Crippen LogP contribution in [0.4, 0.5) is 5.69 Å². The summed E-state index contributed by atoms with van der Waals surface area (Å²) in [5.41, 5.74) is 3.23. The van der Waals surface area contributed by atoms with Gasteiger partial charge in [0, 0.05) is 0 Å². The van der Waals surface area contributed by atoms with E-state index in [1.807, 2.05) is 48.3 Å². The van der Waals surface area contributed by atoms with E-state index in [0.29, 0.717) is 11.3 Å². The number of benzene rings is 3. The summed E-state index contributed by atoms with van der Waals surface area (Å²) in [6.07, 6.45) is 0. The van der Waals surface area contributed by atoms with Gasteiger partial charge in [0.05, 0.1) is 23.8 Å². The number of carbonyl (C=O) groups excluding carboxylic acids is 1. The van der Waals surface area contributed by atoms with Gasteiger partial charge < -0.3 is 5.32 Å². The quantitative estimate of drug-likeness (QED) is 0.720.